The lowest BCUT2D eigenvalue weighted by molar-refractivity contribution is 1.08. The van der Waals surface area contributed by atoms with Crippen molar-refractivity contribution in [1.82, 2.24) is 19.5 Å². The van der Waals surface area contributed by atoms with Crippen LogP contribution in [0.4, 0.5) is 0 Å². The molecule has 4 nitrogen and oxygen atoms in total. The van der Waals surface area contributed by atoms with Crippen LogP contribution in [0.25, 0.3) is 93.0 Å². The molecule has 0 N–H and O–H groups in total. The molecule has 0 aliphatic rings. The van der Waals surface area contributed by atoms with E-state index >= 15 is 0 Å². The predicted octanol–water partition coefficient (Wildman–Crippen LogP) is 12.0. The zero-order valence-corrected chi connectivity index (χ0v) is 27.7. The van der Waals surface area contributed by atoms with Crippen molar-refractivity contribution in [2.75, 3.05) is 0 Å². The maximum Gasteiger partial charge on any atom is 0.165 e. The SMILES string of the molecule is c1ccc(-c2cccc(-c3nc(-c4ccccc4)nc(-c4cccc5c4sc4cc(-n6c7ccccc7c7ccccc76)ccc45)n3)c2)cc1. The van der Waals surface area contributed by atoms with Gasteiger partial charge in [0.1, 0.15) is 0 Å². The van der Waals surface area contributed by atoms with Gasteiger partial charge in [0.05, 0.1) is 11.0 Å². The lowest BCUT2D eigenvalue weighted by Crippen LogP contribution is -2.00. The molecule has 7 aromatic carbocycles. The molecule has 0 fully saturated rings. The van der Waals surface area contributed by atoms with E-state index in [1.165, 1.54) is 37.3 Å². The third kappa shape index (κ3) is 4.71. The van der Waals surface area contributed by atoms with Crippen molar-refractivity contribution in [1.29, 1.82) is 0 Å². The molecule has 3 heterocycles. The Hall–Kier alpha value is -6.43. The summed E-state index contributed by atoms with van der Waals surface area (Å²) in [6.07, 6.45) is 0. The van der Waals surface area contributed by atoms with Crippen LogP contribution in [0.3, 0.4) is 0 Å². The minimum Gasteiger partial charge on any atom is -0.309 e. The second kappa shape index (κ2) is 11.6. The monoisotopic (exact) mass is 656 g/mol. The van der Waals surface area contributed by atoms with Gasteiger partial charge in [-0.25, -0.2) is 15.0 Å². The van der Waals surface area contributed by atoms with Gasteiger partial charge in [0.15, 0.2) is 17.5 Å². The molecule has 0 aliphatic heterocycles. The Morgan fingerprint density at radius 2 is 0.940 bits per heavy atom. The average Bonchev–Trinajstić information content (AvgIpc) is 3.74. The van der Waals surface area contributed by atoms with Gasteiger partial charge in [-0.3, -0.25) is 0 Å². The first-order chi connectivity index (χ1) is 24.8. The highest BCUT2D eigenvalue weighted by Crippen LogP contribution is 2.41. The van der Waals surface area contributed by atoms with E-state index in [1.807, 2.05) is 24.3 Å². The number of benzene rings is 7. The van der Waals surface area contributed by atoms with Crippen LogP contribution in [-0.4, -0.2) is 19.5 Å². The van der Waals surface area contributed by atoms with Gasteiger partial charge in [0.2, 0.25) is 0 Å². The molecule has 10 aromatic rings. The number of hydrogen-bond acceptors (Lipinski definition) is 4. The van der Waals surface area contributed by atoms with Gasteiger partial charge in [-0.15, -0.1) is 11.3 Å². The number of rotatable bonds is 5. The van der Waals surface area contributed by atoms with Crippen LogP contribution in [0.15, 0.2) is 170 Å². The Morgan fingerprint density at radius 3 is 1.68 bits per heavy atom. The number of para-hydroxylation sites is 2. The van der Waals surface area contributed by atoms with Gasteiger partial charge in [-0.2, -0.15) is 0 Å². The number of aromatic nitrogens is 4. The molecule has 0 amide bonds. The molecular weight excluding hydrogens is 629 g/mol. The normalized spacial score (nSPS) is 11.6. The first-order valence-electron chi connectivity index (χ1n) is 16.7. The molecule has 0 aliphatic carbocycles. The quantitative estimate of drug-likeness (QED) is 0.185. The van der Waals surface area contributed by atoms with Crippen molar-refractivity contribution >= 4 is 53.3 Å². The summed E-state index contributed by atoms with van der Waals surface area (Å²) in [6.45, 7) is 0. The number of thiophene rings is 1. The number of fused-ring (bicyclic) bond motifs is 6. The Morgan fingerprint density at radius 1 is 0.380 bits per heavy atom. The van der Waals surface area contributed by atoms with Crippen molar-refractivity contribution in [3.05, 3.63) is 170 Å². The first kappa shape index (κ1) is 28.6. The molecule has 0 atom stereocenters. The minimum absolute atomic E-state index is 0.651. The largest absolute Gasteiger partial charge is 0.309 e. The molecule has 0 radical (unpaired) electrons. The molecule has 0 unspecified atom stereocenters. The van der Waals surface area contributed by atoms with E-state index in [4.69, 9.17) is 15.0 Å². The van der Waals surface area contributed by atoms with Gasteiger partial charge < -0.3 is 4.57 Å². The zero-order valence-electron chi connectivity index (χ0n) is 26.9. The summed E-state index contributed by atoms with van der Waals surface area (Å²) in [7, 11) is 0. The number of nitrogens with zero attached hydrogens (tertiary/aromatic N) is 4. The van der Waals surface area contributed by atoms with Gasteiger partial charge >= 0.3 is 0 Å². The summed E-state index contributed by atoms with van der Waals surface area (Å²) < 4.78 is 4.76. The van der Waals surface area contributed by atoms with Crippen LogP contribution in [-0.2, 0) is 0 Å². The number of hydrogen-bond donors (Lipinski definition) is 0. The Kier molecular flexibility index (Phi) is 6.64. The Balaban J connectivity index is 1.16. The van der Waals surface area contributed by atoms with Crippen LogP contribution in [0, 0.1) is 0 Å². The fourth-order valence-electron chi connectivity index (χ4n) is 7.11. The van der Waals surface area contributed by atoms with Gasteiger partial charge in [-0.1, -0.05) is 133 Å². The van der Waals surface area contributed by atoms with Gasteiger partial charge in [0, 0.05) is 53.3 Å². The highest BCUT2D eigenvalue weighted by atomic mass is 32.1. The third-order valence-electron chi connectivity index (χ3n) is 9.46. The maximum absolute atomic E-state index is 5.16. The smallest absolute Gasteiger partial charge is 0.165 e. The molecular formula is C45H28N4S. The molecule has 10 rings (SSSR count). The second-order valence-electron chi connectivity index (χ2n) is 12.5. The molecule has 0 saturated heterocycles. The van der Waals surface area contributed by atoms with E-state index in [9.17, 15) is 0 Å². The van der Waals surface area contributed by atoms with Crippen LogP contribution >= 0.6 is 11.3 Å². The average molecular weight is 657 g/mol. The molecule has 3 aromatic heterocycles. The van der Waals surface area contributed by atoms with E-state index in [-0.39, 0.29) is 0 Å². The van der Waals surface area contributed by atoms with Crippen molar-refractivity contribution < 1.29 is 0 Å². The second-order valence-corrected chi connectivity index (χ2v) is 13.5. The predicted molar refractivity (Wildman–Crippen MR) is 209 cm³/mol. The fourth-order valence-corrected chi connectivity index (χ4v) is 8.36. The topological polar surface area (TPSA) is 43.6 Å². The standard InChI is InChI=1S/C45H28N4S/c1-3-13-29(14-4-1)31-17-11-18-32(27-31)44-46-43(30-15-5-2-6-16-30)47-45(48-44)38-22-12-21-37-36-26-25-33(28-41(36)50-42(37)38)49-39-23-9-7-19-34(39)35-20-8-10-24-40(35)49/h1-28H. The van der Waals surface area contributed by atoms with E-state index < -0.39 is 0 Å². The summed E-state index contributed by atoms with van der Waals surface area (Å²) in [5, 5.41) is 4.95. The van der Waals surface area contributed by atoms with E-state index in [0.29, 0.717) is 17.5 Å². The van der Waals surface area contributed by atoms with Gasteiger partial charge in [0.25, 0.3) is 0 Å². The zero-order chi connectivity index (χ0) is 33.0. The van der Waals surface area contributed by atoms with Gasteiger partial charge in [-0.05, 0) is 47.5 Å². The lowest BCUT2D eigenvalue weighted by atomic mass is 10.0. The molecule has 0 saturated carbocycles. The molecule has 0 spiro atoms. The Labute approximate surface area is 292 Å². The molecule has 234 valence electrons. The lowest BCUT2D eigenvalue weighted by Gasteiger charge is -2.10. The van der Waals surface area contributed by atoms with Crippen molar-refractivity contribution in [2.24, 2.45) is 0 Å². The highest BCUT2D eigenvalue weighted by Gasteiger charge is 2.18. The van der Waals surface area contributed by atoms with Crippen LogP contribution in [0.2, 0.25) is 0 Å². The molecule has 5 heteroatoms. The van der Waals surface area contributed by atoms with Crippen molar-refractivity contribution in [2.45, 2.75) is 0 Å². The summed E-state index contributed by atoms with van der Waals surface area (Å²) in [6, 6.07) is 59.7. The Bertz CT molecular complexity index is 2820. The first-order valence-corrected chi connectivity index (χ1v) is 17.5. The van der Waals surface area contributed by atoms with Crippen LogP contribution < -0.4 is 0 Å². The third-order valence-corrected chi connectivity index (χ3v) is 10.7. The highest BCUT2D eigenvalue weighted by molar-refractivity contribution is 7.26. The summed E-state index contributed by atoms with van der Waals surface area (Å²) >= 11 is 1.79. The molecule has 50 heavy (non-hydrogen) atoms. The van der Waals surface area contributed by atoms with E-state index in [0.717, 1.165) is 38.2 Å². The summed E-state index contributed by atoms with van der Waals surface area (Å²) in [5.74, 6) is 1.97. The minimum atomic E-state index is 0.651. The van der Waals surface area contributed by atoms with Crippen LogP contribution in [0.1, 0.15) is 0 Å². The van der Waals surface area contributed by atoms with Crippen molar-refractivity contribution in [3.63, 3.8) is 0 Å². The summed E-state index contributed by atoms with van der Waals surface area (Å²) in [5.41, 5.74) is 8.74. The fraction of sp³-hybridized carbons (Fsp3) is 0. The van der Waals surface area contributed by atoms with Crippen molar-refractivity contribution in [3.8, 4) is 51.0 Å². The maximum atomic E-state index is 5.16. The van der Waals surface area contributed by atoms with Crippen LogP contribution in [0.5, 0.6) is 0 Å². The van der Waals surface area contributed by atoms with E-state index in [1.54, 1.807) is 11.3 Å². The summed E-state index contributed by atoms with van der Waals surface area (Å²) in [4.78, 5) is 15.3. The molecule has 0 bridgehead atoms. The van der Waals surface area contributed by atoms with E-state index in [2.05, 4.69) is 150 Å².